The number of ether oxygens (including phenoxy) is 2. The van der Waals surface area contributed by atoms with Gasteiger partial charge < -0.3 is 9.47 Å². The number of hydrogen-bond donors (Lipinski definition) is 0. The molecule has 1 fully saturated rings. The van der Waals surface area contributed by atoms with Crippen LogP contribution in [0.4, 0.5) is 0 Å². The van der Waals surface area contributed by atoms with Gasteiger partial charge in [-0.05, 0) is 53.9 Å². The molecule has 0 spiro atoms. The van der Waals surface area contributed by atoms with E-state index in [1.165, 1.54) is 5.56 Å². The Morgan fingerprint density at radius 2 is 2.28 bits per heavy atom. The highest BCUT2D eigenvalue weighted by atomic mass is 79.9. The highest BCUT2D eigenvalue weighted by Crippen LogP contribution is 2.40. The quantitative estimate of drug-likeness (QED) is 0.707. The van der Waals surface area contributed by atoms with Crippen molar-refractivity contribution in [3.63, 3.8) is 0 Å². The third-order valence-corrected chi connectivity index (χ3v) is 5.11. The fourth-order valence-corrected chi connectivity index (χ4v) is 3.45. The molecule has 1 heterocycles. The summed E-state index contributed by atoms with van der Waals surface area (Å²) in [5, 5.41) is 0. The summed E-state index contributed by atoms with van der Waals surface area (Å²) in [5.41, 5.74) is 1.27. The first-order valence-electron chi connectivity index (χ1n) is 6.29. The predicted molar refractivity (Wildman–Crippen MR) is 80.5 cm³/mol. The van der Waals surface area contributed by atoms with Gasteiger partial charge in [0.2, 0.25) is 0 Å². The third kappa shape index (κ3) is 3.28. The van der Waals surface area contributed by atoms with Gasteiger partial charge in [-0.3, -0.25) is 0 Å². The molecule has 0 saturated carbocycles. The molecule has 1 aromatic rings. The molecule has 3 atom stereocenters. The highest BCUT2D eigenvalue weighted by Gasteiger charge is 2.29. The first-order chi connectivity index (χ1) is 8.61. The number of halogens is 2. The van der Waals surface area contributed by atoms with Gasteiger partial charge in [-0.2, -0.15) is 0 Å². The Kier molecular flexibility index (Phi) is 5.10. The Labute approximate surface area is 125 Å². The van der Waals surface area contributed by atoms with Crippen LogP contribution in [0.15, 0.2) is 22.7 Å². The van der Waals surface area contributed by atoms with E-state index in [9.17, 15) is 0 Å². The SMILES string of the molecule is CCOc1ccc(C(Br)C2COC(C)C2)cc1Br. The molecule has 1 aliphatic heterocycles. The van der Waals surface area contributed by atoms with Crippen molar-refractivity contribution in [2.45, 2.75) is 31.2 Å². The average molecular weight is 378 g/mol. The van der Waals surface area contributed by atoms with Gasteiger partial charge in [0, 0.05) is 10.7 Å². The second-order valence-corrected chi connectivity index (χ2v) is 6.51. The van der Waals surface area contributed by atoms with Gasteiger partial charge in [-0.1, -0.05) is 22.0 Å². The van der Waals surface area contributed by atoms with E-state index in [0.717, 1.165) is 23.2 Å². The Morgan fingerprint density at radius 1 is 1.50 bits per heavy atom. The fraction of sp³-hybridized carbons (Fsp3) is 0.571. The van der Waals surface area contributed by atoms with E-state index in [2.05, 4.69) is 50.9 Å². The number of hydrogen-bond acceptors (Lipinski definition) is 2. The van der Waals surface area contributed by atoms with Crippen LogP contribution < -0.4 is 4.74 Å². The normalized spacial score (nSPS) is 25.1. The molecule has 0 radical (unpaired) electrons. The zero-order valence-electron chi connectivity index (χ0n) is 10.7. The third-order valence-electron chi connectivity index (χ3n) is 3.22. The smallest absolute Gasteiger partial charge is 0.133 e. The predicted octanol–water partition coefficient (Wildman–Crippen LogP) is 4.71. The monoisotopic (exact) mass is 376 g/mol. The lowest BCUT2D eigenvalue weighted by atomic mass is 9.97. The minimum absolute atomic E-state index is 0.342. The van der Waals surface area contributed by atoms with Crippen LogP contribution in [0.25, 0.3) is 0 Å². The van der Waals surface area contributed by atoms with Crippen LogP contribution in [0.1, 0.15) is 30.7 Å². The molecule has 0 aliphatic carbocycles. The molecule has 0 aromatic heterocycles. The molecule has 100 valence electrons. The van der Waals surface area contributed by atoms with Gasteiger partial charge in [-0.25, -0.2) is 0 Å². The van der Waals surface area contributed by atoms with Crippen LogP contribution in [-0.2, 0) is 4.74 Å². The van der Waals surface area contributed by atoms with E-state index < -0.39 is 0 Å². The molecule has 0 bridgehead atoms. The van der Waals surface area contributed by atoms with Gasteiger partial charge in [-0.15, -0.1) is 0 Å². The van der Waals surface area contributed by atoms with Crippen molar-refractivity contribution in [1.29, 1.82) is 0 Å². The molecule has 2 rings (SSSR count). The van der Waals surface area contributed by atoms with Crippen molar-refractivity contribution in [2.24, 2.45) is 5.92 Å². The van der Waals surface area contributed by atoms with E-state index in [4.69, 9.17) is 9.47 Å². The summed E-state index contributed by atoms with van der Waals surface area (Å²) in [6, 6.07) is 6.28. The van der Waals surface area contributed by atoms with Gasteiger partial charge in [0.25, 0.3) is 0 Å². The Morgan fingerprint density at radius 3 is 2.83 bits per heavy atom. The van der Waals surface area contributed by atoms with Crippen LogP contribution in [-0.4, -0.2) is 19.3 Å². The summed E-state index contributed by atoms with van der Waals surface area (Å²) in [7, 11) is 0. The van der Waals surface area contributed by atoms with Crippen molar-refractivity contribution < 1.29 is 9.47 Å². The van der Waals surface area contributed by atoms with Gasteiger partial charge >= 0.3 is 0 Å². The van der Waals surface area contributed by atoms with Gasteiger partial charge in [0.1, 0.15) is 5.75 Å². The number of benzene rings is 1. The maximum Gasteiger partial charge on any atom is 0.133 e. The Hall–Kier alpha value is -0.0600. The van der Waals surface area contributed by atoms with Crippen molar-refractivity contribution in [3.05, 3.63) is 28.2 Å². The molecule has 1 aromatic carbocycles. The Balaban J connectivity index is 2.11. The van der Waals surface area contributed by atoms with Gasteiger partial charge in [0.05, 0.1) is 23.8 Å². The lowest BCUT2D eigenvalue weighted by Gasteiger charge is -2.17. The molecule has 3 unspecified atom stereocenters. The van der Waals surface area contributed by atoms with Crippen LogP contribution in [0, 0.1) is 5.92 Å². The summed E-state index contributed by atoms with van der Waals surface area (Å²) in [4.78, 5) is 0.342. The molecule has 1 saturated heterocycles. The summed E-state index contributed by atoms with van der Waals surface area (Å²) < 4.78 is 12.2. The number of alkyl halides is 1. The van der Waals surface area contributed by atoms with Crippen LogP contribution in [0.2, 0.25) is 0 Å². The first-order valence-corrected chi connectivity index (χ1v) is 8.00. The van der Waals surface area contributed by atoms with Crippen molar-refractivity contribution in [2.75, 3.05) is 13.2 Å². The minimum atomic E-state index is 0.342. The van der Waals surface area contributed by atoms with Crippen LogP contribution in [0.3, 0.4) is 0 Å². The van der Waals surface area contributed by atoms with E-state index in [1.807, 2.05) is 13.0 Å². The van der Waals surface area contributed by atoms with Crippen LogP contribution in [0.5, 0.6) is 5.75 Å². The first kappa shape index (κ1) is 14.4. The van der Waals surface area contributed by atoms with Gasteiger partial charge in [0.15, 0.2) is 0 Å². The largest absolute Gasteiger partial charge is 0.493 e. The summed E-state index contributed by atoms with van der Waals surface area (Å²) in [6.07, 6.45) is 1.49. The van der Waals surface area contributed by atoms with E-state index in [-0.39, 0.29) is 0 Å². The molecular weight excluding hydrogens is 360 g/mol. The maximum atomic E-state index is 5.63. The fourth-order valence-electron chi connectivity index (χ4n) is 2.29. The lowest BCUT2D eigenvalue weighted by Crippen LogP contribution is -2.07. The standard InChI is InChI=1S/C14H18Br2O2/c1-3-17-13-5-4-10(7-12(13)15)14(16)11-6-9(2)18-8-11/h4-5,7,9,11,14H,3,6,8H2,1-2H3. The van der Waals surface area contributed by atoms with Crippen molar-refractivity contribution >= 4 is 31.9 Å². The van der Waals surface area contributed by atoms with E-state index in [0.29, 0.717) is 23.5 Å². The number of rotatable bonds is 4. The molecule has 18 heavy (non-hydrogen) atoms. The van der Waals surface area contributed by atoms with Crippen molar-refractivity contribution in [1.82, 2.24) is 0 Å². The molecule has 4 heteroatoms. The van der Waals surface area contributed by atoms with E-state index >= 15 is 0 Å². The molecule has 0 amide bonds. The molecule has 2 nitrogen and oxygen atoms in total. The summed E-state index contributed by atoms with van der Waals surface area (Å²) >= 11 is 7.36. The average Bonchev–Trinajstić information content (AvgIpc) is 2.78. The minimum Gasteiger partial charge on any atom is -0.493 e. The maximum absolute atomic E-state index is 5.63. The Bertz CT molecular complexity index is 409. The molecular formula is C14H18Br2O2. The summed E-state index contributed by atoms with van der Waals surface area (Å²) in [5.74, 6) is 1.45. The van der Waals surface area contributed by atoms with E-state index in [1.54, 1.807) is 0 Å². The second kappa shape index (κ2) is 6.40. The highest BCUT2D eigenvalue weighted by molar-refractivity contribution is 9.10. The zero-order valence-corrected chi connectivity index (χ0v) is 13.8. The zero-order chi connectivity index (χ0) is 13.1. The molecule has 1 aliphatic rings. The second-order valence-electron chi connectivity index (χ2n) is 4.66. The molecule has 0 N–H and O–H groups in total. The van der Waals surface area contributed by atoms with Crippen molar-refractivity contribution in [3.8, 4) is 5.75 Å². The van der Waals surface area contributed by atoms with Crippen LogP contribution >= 0.6 is 31.9 Å². The topological polar surface area (TPSA) is 18.5 Å². The summed E-state index contributed by atoms with van der Waals surface area (Å²) in [6.45, 7) is 5.64. The lowest BCUT2D eigenvalue weighted by molar-refractivity contribution is 0.120.